The van der Waals surface area contributed by atoms with Crippen molar-refractivity contribution in [2.45, 2.75) is 19.9 Å². The first kappa shape index (κ1) is 13.6. The molecule has 2 nitrogen and oxygen atoms in total. The van der Waals surface area contributed by atoms with Crippen LogP contribution in [0.2, 0.25) is 10.0 Å². The number of rotatable bonds is 5. The van der Waals surface area contributed by atoms with Gasteiger partial charge in [-0.3, -0.25) is 0 Å². The van der Waals surface area contributed by atoms with Gasteiger partial charge in [0.05, 0.1) is 12.6 Å². The van der Waals surface area contributed by atoms with Crippen LogP contribution in [0.4, 0.5) is 5.69 Å². The minimum absolute atomic E-state index is 0.250. The molecule has 0 amide bonds. The van der Waals surface area contributed by atoms with E-state index in [1.54, 1.807) is 13.2 Å². The number of ether oxygens (including phenoxy) is 1. The Morgan fingerprint density at radius 2 is 1.75 bits per heavy atom. The first-order valence-corrected chi connectivity index (χ1v) is 6.00. The molecule has 0 saturated heterocycles. The summed E-state index contributed by atoms with van der Waals surface area (Å²) in [5.74, 6) is 0.470. The summed E-state index contributed by atoms with van der Waals surface area (Å²) >= 11 is 11.9. The van der Waals surface area contributed by atoms with Crippen molar-refractivity contribution in [2.24, 2.45) is 5.92 Å². The third-order valence-electron chi connectivity index (χ3n) is 2.37. The highest BCUT2D eigenvalue weighted by molar-refractivity contribution is 6.35. The third-order valence-corrected chi connectivity index (χ3v) is 2.80. The van der Waals surface area contributed by atoms with Crippen LogP contribution in [0.1, 0.15) is 13.8 Å². The Kier molecular flexibility index (Phi) is 5.39. The Balaban J connectivity index is 2.76. The van der Waals surface area contributed by atoms with Gasteiger partial charge in [0, 0.05) is 22.8 Å². The van der Waals surface area contributed by atoms with Gasteiger partial charge in [-0.1, -0.05) is 37.0 Å². The van der Waals surface area contributed by atoms with Gasteiger partial charge in [-0.15, -0.1) is 0 Å². The number of hydrogen-bond donors (Lipinski definition) is 1. The zero-order valence-electron chi connectivity index (χ0n) is 9.76. The van der Waals surface area contributed by atoms with Gasteiger partial charge in [-0.25, -0.2) is 0 Å². The molecule has 0 spiro atoms. The molecule has 1 atom stereocenters. The fraction of sp³-hybridized carbons (Fsp3) is 0.500. The van der Waals surface area contributed by atoms with Crippen LogP contribution in [0.25, 0.3) is 0 Å². The summed E-state index contributed by atoms with van der Waals surface area (Å²) in [4.78, 5) is 0. The number of halogens is 2. The predicted molar refractivity (Wildman–Crippen MR) is 70.6 cm³/mol. The van der Waals surface area contributed by atoms with Crippen LogP contribution in [-0.4, -0.2) is 19.8 Å². The Bertz CT molecular complexity index is 322. The fourth-order valence-electron chi connectivity index (χ4n) is 1.43. The molecule has 0 bridgehead atoms. The van der Waals surface area contributed by atoms with E-state index >= 15 is 0 Å². The Morgan fingerprint density at radius 1 is 1.19 bits per heavy atom. The lowest BCUT2D eigenvalue weighted by Gasteiger charge is -2.23. The number of anilines is 1. The van der Waals surface area contributed by atoms with E-state index in [0.717, 1.165) is 5.69 Å². The van der Waals surface area contributed by atoms with E-state index in [9.17, 15) is 0 Å². The zero-order valence-corrected chi connectivity index (χ0v) is 11.3. The van der Waals surface area contributed by atoms with Crippen LogP contribution in [0.5, 0.6) is 0 Å². The quantitative estimate of drug-likeness (QED) is 0.863. The fourth-order valence-corrected chi connectivity index (χ4v) is 1.96. The Hall–Kier alpha value is -0.440. The maximum absolute atomic E-state index is 5.93. The van der Waals surface area contributed by atoms with Crippen LogP contribution >= 0.6 is 23.2 Å². The van der Waals surface area contributed by atoms with E-state index in [0.29, 0.717) is 22.6 Å². The van der Waals surface area contributed by atoms with E-state index in [-0.39, 0.29) is 6.04 Å². The van der Waals surface area contributed by atoms with Crippen molar-refractivity contribution in [3.63, 3.8) is 0 Å². The molecular formula is C12H17Cl2NO. The zero-order chi connectivity index (χ0) is 12.1. The van der Waals surface area contributed by atoms with Crippen molar-refractivity contribution in [2.75, 3.05) is 19.0 Å². The molecule has 1 rings (SSSR count). The molecule has 0 aliphatic heterocycles. The van der Waals surface area contributed by atoms with Crippen LogP contribution in [0.3, 0.4) is 0 Å². The second-order valence-corrected chi connectivity index (χ2v) is 4.98. The number of hydrogen-bond acceptors (Lipinski definition) is 2. The minimum atomic E-state index is 0.250. The van der Waals surface area contributed by atoms with Crippen LogP contribution in [0.15, 0.2) is 18.2 Å². The van der Waals surface area contributed by atoms with Crippen LogP contribution in [-0.2, 0) is 4.74 Å². The van der Waals surface area contributed by atoms with E-state index in [2.05, 4.69) is 19.2 Å². The van der Waals surface area contributed by atoms with Gasteiger partial charge >= 0.3 is 0 Å². The molecule has 0 fully saturated rings. The van der Waals surface area contributed by atoms with Crippen molar-refractivity contribution in [3.05, 3.63) is 28.2 Å². The van der Waals surface area contributed by atoms with Crippen LogP contribution < -0.4 is 5.32 Å². The van der Waals surface area contributed by atoms with Crippen LogP contribution in [0, 0.1) is 5.92 Å². The average molecular weight is 262 g/mol. The molecule has 4 heteroatoms. The topological polar surface area (TPSA) is 21.3 Å². The lowest BCUT2D eigenvalue weighted by atomic mass is 10.1. The Labute approximate surface area is 107 Å². The SMILES string of the molecule is COCC(Nc1cc(Cl)cc(Cl)c1)C(C)C. The highest BCUT2D eigenvalue weighted by atomic mass is 35.5. The molecule has 1 unspecified atom stereocenters. The molecule has 90 valence electrons. The summed E-state index contributed by atoms with van der Waals surface area (Å²) in [6.45, 7) is 4.94. The Morgan fingerprint density at radius 3 is 2.19 bits per heavy atom. The summed E-state index contributed by atoms with van der Waals surface area (Å²) in [5.41, 5.74) is 0.924. The molecule has 1 aromatic rings. The molecule has 0 heterocycles. The summed E-state index contributed by atoms with van der Waals surface area (Å²) in [6.07, 6.45) is 0. The van der Waals surface area contributed by atoms with Crippen molar-refractivity contribution in [1.29, 1.82) is 0 Å². The van der Waals surface area contributed by atoms with E-state index in [1.165, 1.54) is 0 Å². The van der Waals surface area contributed by atoms with E-state index in [4.69, 9.17) is 27.9 Å². The van der Waals surface area contributed by atoms with Gasteiger partial charge in [0.15, 0.2) is 0 Å². The normalized spacial score (nSPS) is 12.9. The van der Waals surface area contributed by atoms with Gasteiger partial charge in [-0.2, -0.15) is 0 Å². The summed E-state index contributed by atoms with van der Waals surface area (Å²) in [6, 6.07) is 5.69. The predicted octanol–water partition coefficient (Wildman–Crippen LogP) is 4.08. The molecule has 0 aliphatic rings. The molecule has 0 saturated carbocycles. The summed E-state index contributed by atoms with van der Waals surface area (Å²) in [5, 5.41) is 4.64. The molecule has 1 N–H and O–H groups in total. The molecular weight excluding hydrogens is 245 g/mol. The van der Waals surface area contributed by atoms with E-state index in [1.807, 2.05) is 12.1 Å². The lowest BCUT2D eigenvalue weighted by Crippen LogP contribution is -2.30. The monoisotopic (exact) mass is 261 g/mol. The largest absolute Gasteiger partial charge is 0.383 e. The number of nitrogens with one attached hydrogen (secondary N) is 1. The molecule has 16 heavy (non-hydrogen) atoms. The maximum Gasteiger partial charge on any atom is 0.0666 e. The highest BCUT2D eigenvalue weighted by Gasteiger charge is 2.13. The summed E-state index contributed by atoms with van der Waals surface area (Å²) in [7, 11) is 1.70. The standard InChI is InChI=1S/C12H17Cl2NO/c1-8(2)12(7-16-3)15-11-5-9(13)4-10(14)6-11/h4-6,8,12,15H,7H2,1-3H3. The smallest absolute Gasteiger partial charge is 0.0666 e. The molecule has 1 aromatic carbocycles. The molecule has 0 aromatic heterocycles. The van der Waals surface area contributed by atoms with Gasteiger partial charge in [-0.05, 0) is 24.1 Å². The van der Waals surface area contributed by atoms with Crippen molar-refractivity contribution in [1.82, 2.24) is 0 Å². The van der Waals surface area contributed by atoms with Crippen molar-refractivity contribution < 1.29 is 4.74 Å². The average Bonchev–Trinajstić information content (AvgIpc) is 2.15. The minimum Gasteiger partial charge on any atom is -0.383 e. The van der Waals surface area contributed by atoms with Crippen molar-refractivity contribution >= 4 is 28.9 Å². The van der Waals surface area contributed by atoms with Gasteiger partial charge in [0.25, 0.3) is 0 Å². The number of methoxy groups -OCH3 is 1. The number of benzene rings is 1. The van der Waals surface area contributed by atoms with Crippen molar-refractivity contribution in [3.8, 4) is 0 Å². The van der Waals surface area contributed by atoms with Gasteiger partial charge in [0.2, 0.25) is 0 Å². The second kappa shape index (κ2) is 6.33. The highest BCUT2D eigenvalue weighted by Crippen LogP contribution is 2.23. The first-order valence-electron chi connectivity index (χ1n) is 5.24. The second-order valence-electron chi connectivity index (χ2n) is 4.11. The van der Waals surface area contributed by atoms with Gasteiger partial charge in [0.1, 0.15) is 0 Å². The lowest BCUT2D eigenvalue weighted by molar-refractivity contribution is 0.171. The van der Waals surface area contributed by atoms with E-state index < -0.39 is 0 Å². The van der Waals surface area contributed by atoms with Gasteiger partial charge < -0.3 is 10.1 Å². The molecule has 0 radical (unpaired) electrons. The summed E-state index contributed by atoms with van der Waals surface area (Å²) < 4.78 is 5.17. The molecule has 0 aliphatic carbocycles. The maximum atomic E-state index is 5.93. The first-order chi connectivity index (χ1) is 7.52. The third kappa shape index (κ3) is 4.20.